The van der Waals surface area contributed by atoms with Crippen molar-refractivity contribution in [2.75, 3.05) is 0 Å². The summed E-state index contributed by atoms with van der Waals surface area (Å²) in [6.07, 6.45) is 12.4. The lowest BCUT2D eigenvalue weighted by molar-refractivity contribution is -0.140. The fourth-order valence-electron chi connectivity index (χ4n) is 3.89. The average molecular weight is 563 g/mol. The van der Waals surface area contributed by atoms with E-state index in [1.54, 1.807) is 36.4 Å². The highest BCUT2D eigenvalue weighted by atomic mass is 16.5. The number of nitriles is 2. The maximum Gasteiger partial charge on any atom is 0.311 e. The van der Waals surface area contributed by atoms with E-state index in [2.05, 4.69) is 25.3 Å². The number of carbonyl (C=O) groups is 2. The molecule has 0 saturated carbocycles. The van der Waals surface area contributed by atoms with Crippen LogP contribution in [-0.4, -0.2) is 11.9 Å². The van der Waals surface area contributed by atoms with Crippen LogP contribution in [0.4, 0.5) is 0 Å². The second kappa shape index (κ2) is 18.4. The fraction of sp³-hybridized carbons (Fsp3) is 0.278. The monoisotopic (exact) mass is 562 g/mol. The molecule has 0 aliphatic rings. The van der Waals surface area contributed by atoms with Crippen molar-refractivity contribution >= 4 is 23.1 Å². The fourth-order valence-corrected chi connectivity index (χ4v) is 3.89. The van der Waals surface area contributed by atoms with Crippen LogP contribution in [0.1, 0.15) is 87.5 Å². The summed E-state index contributed by atoms with van der Waals surface area (Å²) in [5.74, 6) is 0.277. The molecule has 6 heteroatoms. The summed E-state index contributed by atoms with van der Waals surface area (Å²) in [6.45, 7) is 11.7. The lowest BCUT2D eigenvalue weighted by Crippen LogP contribution is -2.04. The van der Waals surface area contributed by atoms with Gasteiger partial charge >= 0.3 is 11.9 Å². The molecule has 42 heavy (non-hydrogen) atoms. The summed E-state index contributed by atoms with van der Waals surface area (Å²) in [5, 5.41) is 17.8. The third-order valence-corrected chi connectivity index (χ3v) is 6.44. The minimum absolute atomic E-state index is 0.244. The van der Waals surface area contributed by atoms with E-state index < -0.39 is 0 Å². The molecule has 2 aromatic carbocycles. The van der Waals surface area contributed by atoms with E-state index in [4.69, 9.17) is 20.0 Å². The Morgan fingerprint density at radius 1 is 0.738 bits per heavy atom. The number of benzene rings is 2. The number of hydrogen-bond donors (Lipinski definition) is 0. The van der Waals surface area contributed by atoms with Crippen LogP contribution < -0.4 is 0 Å². The zero-order valence-corrected chi connectivity index (χ0v) is 24.5. The SMILES string of the molecule is C=C(/C=C\C(=C)c1ccc(C#N)cc1)OC(=O)CCCCCCCC(=O)O/C(=C/C=C(\C)c1ccc(C#N)cc1)CC. The van der Waals surface area contributed by atoms with Crippen LogP contribution in [0, 0.1) is 22.7 Å². The molecule has 0 spiro atoms. The molecular formula is C36H38N2O4. The van der Waals surface area contributed by atoms with Crippen LogP contribution in [0.15, 0.2) is 97.5 Å². The standard InChI is InChI=1S/C36H38N2O4/c1-5-34(24-14-28(3)33-22-18-31(26-38)19-23-33)42-36(40)12-10-8-6-7-9-11-35(39)41-29(4)15-13-27(2)32-20-16-30(25-37)17-21-32/h13-24H,2,4-12H2,1,3H3/b15-13-,28-14+,34-24+. The molecule has 0 aliphatic heterocycles. The Bertz CT molecular complexity index is 1410. The topological polar surface area (TPSA) is 100 Å². The molecule has 0 fully saturated rings. The first-order valence-electron chi connectivity index (χ1n) is 14.1. The Labute approximate surface area is 249 Å². The first-order valence-corrected chi connectivity index (χ1v) is 14.1. The molecule has 0 unspecified atom stereocenters. The molecule has 0 amide bonds. The van der Waals surface area contributed by atoms with E-state index in [0.29, 0.717) is 48.1 Å². The minimum Gasteiger partial charge on any atom is -0.431 e. The van der Waals surface area contributed by atoms with Crippen molar-refractivity contribution in [1.82, 2.24) is 0 Å². The summed E-state index contributed by atoms with van der Waals surface area (Å²) in [4.78, 5) is 24.4. The summed E-state index contributed by atoms with van der Waals surface area (Å²) in [5.41, 5.74) is 4.79. The maximum atomic E-state index is 12.3. The van der Waals surface area contributed by atoms with E-state index in [1.165, 1.54) is 0 Å². The third-order valence-electron chi connectivity index (χ3n) is 6.44. The molecular weight excluding hydrogens is 524 g/mol. The van der Waals surface area contributed by atoms with Crippen molar-refractivity contribution in [3.05, 3.63) is 120 Å². The van der Waals surface area contributed by atoms with Crippen LogP contribution in [-0.2, 0) is 19.1 Å². The molecule has 0 bridgehead atoms. The average Bonchev–Trinajstić information content (AvgIpc) is 3.01. The normalized spacial score (nSPS) is 11.4. The molecule has 0 saturated heterocycles. The number of esters is 2. The Balaban J connectivity index is 1.61. The summed E-state index contributed by atoms with van der Waals surface area (Å²) in [6, 6.07) is 18.6. The molecule has 0 radical (unpaired) electrons. The van der Waals surface area contributed by atoms with Gasteiger partial charge in [0.1, 0.15) is 11.5 Å². The van der Waals surface area contributed by atoms with Gasteiger partial charge in [-0.3, -0.25) is 9.59 Å². The molecule has 216 valence electrons. The van der Waals surface area contributed by atoms with E-state index >= 15 is 0 Å². The molecule has 2 aromatic rings. The Morgan fingerprint density at radius 2 is 1.24 bits per heavy atom. The maximum absolute atomic E-state index is 12.3. The highest BCUT2D eigenvalue weighted by molar-refractivity contribution is 5.74. The number of hydrogen-bond acceptors (Lipinski definition) is 6. The molecule has 2 rings (SSSR count). The van der Waals surface area contributed by atoms with E-state index in [1.807, 2.05) is 50.3 Å². The van der Waals surface area contributed by atoms with Gasteiger partial charge in [0.2, 0.25) is 0 Å². The first-order chi connectivity index (χ1) is 20.2. The lowest BCUT2D eigenvalue weighted by atomic mass is 10.1. The zero-order valence-electron chi connectivity index (χ0n) is 24.5. The largest absolute Gasteiger partial charge is 0.431 e. The van der Waals surface area contributed by atoms with Gasteiger partial charge < -0.3 is 9.47 Å². The van der Waals surface area contributed by atoms with Crippen molar-refractivity contribution in [3.63, 3.8) is 0 Å². The predicted molar refractivity (Wildman–Crippen MR) is 166 cm³/mol. The van der Waals surface area contributed by atoms with Crippen LogP contribution in [0.2, 0.25) is 0 Å². The number of ether oxygens (including phenoxy) is 2. The highest BCUT2D eigenvalue weighted by Gasteiger charge is 2.07. The van der Waals surface area contributed by atoms with Gasteiger partial charge in [-0.05, 0) is 78.5 Å². The highest BCUT2D eigenvalue weighted by Crippen LogP contribution is 2.18. The summed E-state index contributed by atoms with van der Waals surface area (Å²) in [7, 11) is 0. The van der Waals surface area contributed by atoms with Gasteiger partial charge in [-0.1, -0.05) is 75.8 Å². The van der Waals surface area contributed by atoms with Crippen molar-refractivity contribution < 1.29 is 19.1 Å². The molecule has 0 N–H and O–H groups in total. The smallest absolute Gasteiger partial charge is 0.311 e. The van der Waals surface area contributed by atoms with Gasteiger partial charge in [0, 0.05) is 19.3 Å². The van der Waals surface area contributed by atoms with Gasteiger partial charge in [-0.2, -0.15) is 10.5 Å². The second-order valence-electron chi connectivity index (χ2n) is 9.76. The molecule has 0 atom stereocenters. The van der Waals surface area contributed by atoms with Crippen LogP contribution in [0.25, 0.3) is 11.1 Å². The van der Waals surface area contributed by atoms with Crippen molar-refractivity contribution in [1.29, 1.82) is 10.5 Å². The first kappa shape index (κ1) is 33.3. The third kappa shape index (κ3) is 12.5. The second-order valence-corrected chi connectivity index (χ2v) is 9.76. The Morgan fingerprint density at radius 3 is 1.76 bits per heavy atom. The number of unbranched alkanes of at least 4 members (excludes halogenated alkanes) is 4. The minimum atomic E-state index is -0.334. The van der Waals surface area contributed by atoms with E-state index in [0.717, 1.165) is 42.4 Å². The zero-order chi connectivity index (χ0) is 30.7. The molecule has 0 heterocycles. The molecule has 0 aromatic heterocycles. The number of nitrogens with zero attached hydrogens (tertiary/aromatic N) is 2. The van der Waals surface area contributed by atoms with Crippen molar-refractivity contribution in [2.24, 2.45) is 0 Å². The van der Waals surface area contributed by atoms with Gasteiger partial charge in [-0.25, -0.2) is 0 Å². The van der Waals surface area contributed by atoms with Crippen LogP contribution in [0.5, 0.6) is 0 Å². The number of allylic oxidation sites excluding steroid dienone is 7. The lowest BCUT2D eigenvalue weighted by Gasteiger charge is -2.07. The molecule has 0 aliphatic carbocycles. The van der Waals surface area contributed by atoms with Gasteiger partial charge in [0.05, 0.1) is 23.3 Å². The number of rotatable bonds is 16. The Kier molecular flexibility index (Phi) is 14.6. The quantitative estimate of drug-likeness (QED) is 0.0877. The summed E-state index contributed by atoms with van der Waals surface area (Å²) >= 11 is 0. The predicted octanol–water partition coefficient (Wildman–Crippen LogP) is 8.73. The van der Waals surface area contributed by atoms with Gasteiger partial charge in [-0.15, -0.1) is 0 Å². The van der Waals surface area contributed by atoms with Crippen LogP contribution in [0.3, 0.4) is 0 Å². The number of carbonyl (C=O) groups excluding carboxylic acids is 2. The van der Waals surface area contributed by atoms with Crippen molar-refractivity contribution in [2.45, 2.75) is 65.2 Å². The van der Waals surface area contributed by atoms with Crippen LogP contribution >= 0.6 is 0 Å². The van der Waals surface area contributed by atoms with Gasteiger partial charge in [0.25, 0.3) is 0 Å². The van der Waals surface area contributed by atoms with Crippen molar-refractivity contribution in [3.8, 4) is 12.1 Å². The van der Waals surface area contributed by atoms with E-state index in [-0.39, 0.29) is 17.7 Å². The van der Waals surface area contributed by atoms with Gasteiger partial charge in [0.15, 0.2) is 0 Å². The molecule has 6 nitrogen and oxygen atoms in total. The Hall–Kier alpha value is -4.94. The van der Waals surface area contributed by atoms with E-state index in [9.17, 15) is 9.59 Å². The summed E-state index contributed by atoms with van der Waals surface area (Å²) < 4.78 is 10.8.